The van der Waals surface area contributed by atoms with Crippen molar-refractivity contribution in [1.29, 1.82) is 0 Å². The van der Waals surface area contributed by atoms with Crippen molar-refractivity contribution in [2.45, 2.75) is 13.0 Å². The van der Waals surface area contributed by atoms with Crippen LogP contribution < -0.4 is 5.32 Å². The van der Waals surface area contributed by atoms with Crippen LogP contribution in [0, 0.1) is 5.82 Å². The standard InChI is InChI=1S/C21H17FN2O3S/c1-14(27-19(25)11-10-15-6-5-9-17(22)12-15)20(26)24-21-23-18(13-28-21)16-7-3-2-4-8-16/h2-14H,1H3,(H,23,24,26)/b11-10+/t14-/m1/s1. The van der Waals surface area contributed by atoms with Crippen molar-refractivity contribution in [3.8, 4) is 11.3 Å². The number of ether oxygens (including phenoxy) is 1. The van der Waals surface area contributed by atoms with E-state index in [-0.39, 0.29) is 0 Å². The van der Waals surface area contributed by atoms with E-state index in [9.17, 15) is 14.0 Å². The number of carbonyl (C=O) groups excluding carboxylic acids is 2. The minimum Gasteiger partial charge on any atom is -0.449 e. The van der Waals surface area contributed by atoms with Gasteiger partial charge in [0.05, 0.1) is 5.69 Å². The second-order valence-electron chi connectivity index (χ2n) is 5.86. The molecule has 28 heavy (non-hydrogen) atoms. The number of hydrogen-bond donors (Lipinski definition) is 1. The van der Waals surface area contributed by atoms with E-state index in [2.05, 4.69) is 10.3 Å². The zero-order chi connectivity index (χ0) is 19.9. The van der Waals surface area contributed by atoms with E-state index in [1.165, 1.54) is 42.5 Å². The first-order valence-electron chi connectivity index (χ1n) is 8.47. The van der Waals surface area contributed by atoms with E-state index in [4.69, 9.17) is 4.74 Å². The van der Waals surface area contributed by atoms with Gasteiger partial charge < -0.3 is 4.74 Å². The Kier molecular flexibility index (Phi) is 6.29. The average Bonchev–Trinajstić information content (AvgIpc) is 3.15. The van der Waals surface area contributed by atoms with Gasteiger partial charge in [-0.3, -0.25) is 10.1 Å². The third-order valence-electron chi connectivity index (χ3n) is 3.73. The van der Waals surface area contributed by atoms with Crippen LogP contribution in [0.3, 0.4) is 0 Å². The van der Waals surface area contributed by atoms with Crippen LogP contribution in [-0.4, -0.2) is 23.0 Å². The second kappa shape index (κ2) is 9.05. The first-order valence-corrected chi connectivity index (χ1v) is 9.35. The fraction of sp³-hybridized carbons (Fsp3) is 0.0952. The number of anilines is 1. The molecule has 0 unspecified atom stereocenters. The van der Waals surface area contributed by atoms with Crippen molar-refractivity contribution >= 4 is 34.4 Å². The van der Waals surface area contributed by atoms with Crippen molar-refractivity contribution in [2.24, 2.45) is 0 Å². The number of benzene rings is 2. The first kappa shape index (κ1) is 19.4. The number of thiazole rings is 1. The van der Waals surface area contributed by atoms with Gasteiger partial charge in [-0.2, -0.15) is 0 Å². The summed E-state index contributed by atoms with van der Waals surface area (Å²) in [7, 11) is 0. The molecule has 0 aliphatic carbocycles. The molecule has 3 rings (SSSR count). The normalized spacial score (nSPS) is 11.9. The van der Waals surface area contributed by atoms with Gasteiger partial charge >= 0.3 is 5.97 Å². The summed E-state index contributed by atoms with van der Waals surface area (Å²) in [6.45, 7) is 1.47. The number of esters is 1. The summed E-state index contributed by atoms with van der Waals surface area (Å²) in [5.74, 6) is -1.58. The molecule has 0 spiro atoms. The van der Waals surface area contributed by atoms with Crippen molar-refractivity contribution < 1.29 is 18.7 Å². The quantitative estimate of drug-likeness (QED) is 0.491. The van der Waals surface area contributed by atoms with E-state index in [0.29, 0.717) is 10.7 Å². The molecule has 2 aromatic carbocycles. The molecule has 7 heteroatoms. The Morgan fingerprint density at radius 2 is 1.96 bits per heavy atom. The maximum Gasteiger partial charge on any atom is 0.331 e. The topological polar surface area (TPSA) is 68.3 Å². The summed E-state index contributed by atoms with van der Waals surface area (Å²) >= 11 is 1.28. The van der Waals surface area contributed by atoms with Crippen LogP contribution in [0.25, 0.3) is 17.3 Å². The SMILES string of the molecule is C[C@@H](OC(=O)/C=C/c1cccc(F)c1)C(=O)Nc1nc(-c2ccccc2)cs1. The van der Waals surface area contributed by atoms with E-state index < -0.39 is 23.8 Å². The fourth-order valence-electron chi connectivity index (χ4n) is 2.32. The summed E-state index contributed by atoms with van der Waals surface area (Å²) in [5, 5.41) is 4.89. The number of hydrogen-bond acceptors (Lipinski definition) is 5. The largest absolute Gasteiger partial charge is 0.449 e. The van der Waals surface area contributed by atoms with Gasteiger partial charge in [-0.1, -0.05) is 42.5 Å². The number of carbonyl (C=O) groups is 2. The van der Waals surface area contributed by atoms with Crippen LogP contribution in [-0.2, 0) is 14.3 Å². The lowest BCUT2D eigenvalue weighted by Gasteiger charge is -2.10. The molecule has 5 nitrogen and oxygen atoms in total. The van der Waals surface area contributed by atoms with Crippen molar-refractivity contribution in [3.05, 3.63) is 77.4 Å². The van der Waals surface area contributed by atoms with Crippen LogP contribution in [0.5, 0.6) is 0 Å². The fourth-order valence-corrected chi connectivity index (χ4v) is 3.04. The molecule has 0 radical (unpaired) electrons. The molecule has 1 amide bonds. The number of amides is 1. The molecule has 1 atom stereocenters. The van der Waals surface area contributed by atoms with Gasteiger partial charge in [-0.25, -0.2) is 14.2 Å². The number of nitrogens with zero attached hydrogens (tertiary/aromatic N) is 1. The van der Waals surface area contributed by atoms with Crippen LogP contribution in [0.2, 0.25) is 0 Å². The Morgan fingerprint density at radius 3 is 2.71 bits per heavy atom. The summed E-state index contributed by atoms with van der Waals surface area (Å²) < 4.78 is 18.2. The number of rotatable bonds is 6. The van der Waals surface area contributed by atoms with Crippen molar-refractivity contribution in [2.75, 3.05) is 5.32 Å². The van der Waals surface area contributed by atoms with E-state index in [1.807, 2.05) is 35.7 Å². The maximum absolute atomic E-state index is 13.1. The van der Waals surface area contributed by atoms with Crippen LogP contribution in [0.1, 0.15) is 12.5 Å². The van der Waals surface area contributed by atoms with Crippen molar-refractivity contribution in [1.82, 2.24) is 4.98 Å². The van der Waals surface area contributed by atoms with Gasteiger partial charge in [0, 0.05) is 17.0 Å². The Labute approximate surface area is 165 Å². The van der Waals surface area contributed by atoms with E-state index in [1.54, 1.807) is 6.07 Å². The molecule has 0 aliphatic heterocycles. The highest BCUT2D eigenvalue weighted by Crippen LogP contribution is 2.24. The van der Waals surface area contributed by atoms with E-state index >= 15 is 0 Å². The highest BCUT2D eigenvalue weighted by Gasteiger charge is 2.18. The molecule has 0 saturated carbocycles. The molecule has 1 N–H and O–H groups in total. The van der Waals surface area contributed by atoms with E-state index in [0.717, 1.165) is 17.3 Å². The predicted molar refractivity (Wildman–Crippen MR) is 107 cm³/mol. The lowest BCUT2D eigenvalue weighted by Crippen LogP contribution is -2.29. The average molecular weight is 396 g/mol. The van der Waals surface area contributed by atoms with Gasteiger partial charge in [0.2, 0.25) is 0 Å². The Hall–Kier alpha value is -3.32. The van der Waals surface area contributed by atoms with Gasteiger partial charge in [-0.05, 0) is 30.7 Å². The predicted octanol–water partition coefficient (Wildman–Crippen LogP) is 4.53. The Balaban J connectivity index is 1.54. The van der Waals surface area contributed by atoms with Crippen molar-refractivity contribution in [3.63, 3.8) is 0 Å². The lowest BCUT2D eigenvalue weighted by molar-refractivity contribution is -0.148. The Morgan fingerprint density at radius 1 is 1.18 bits per heavy atom. The molecule has 0 saturated heterocycles. The third-order valence-corrected chi connectivity index (χ3v) is 4.48. The summed E-state index contributed by atoms with van der Waals surface area (Å²) in [6.07, 6.45) is 1.56. The van der Waals surface area contributed by atoms with Gasteiger partial charge in [0.15, 0.2) is 11.2 Å². The summed E-state index contributed by atoms with van der Waals surface area (Å²) in [5.41, 5.74) is 2.22. The number of halogens is 1. The Bertz CT molecular complexity index is 1000. The summed E-state index contributed by atoms with van der Waals surface area (Å²) in [4.78, 5) is 28.4. The molecular weight excluding hydrogens is 379 g/mol. The second-order valence-corrected chi connectivity index (χ2v) is 6.72. The van der Waals surface area contributed by atoms with Crippen LogP contribution in [0.4, 0.5) is 9.52 Å². The van der Waals surface area contributed by atoms with Crippen LogP contribution >= 0.6 is 11.3 Å². The molecule has 0 fully saturated rings. The minimum atomic E-state index is -1.01. The van der Waals surface area contributed by atoms with Gasteiger partial charge in [0.1, 0.15) is 5.82 Å². The lowest BCUT2D eigenvalue weighted by atomic mass is 10.2. The number of nitrogens with one attached hydrogen (secondary N) is 1. The zero-order valence-corrected chi connectivity index (χ0v) is 15.8. The molecule has 1 aromatic heterocycles. The van der Waals surface area contributed by atoms with Gasteiger partial charge in [0.25, 0.3) is 5.91 Å². The smallest absolute Gasteiger partial charge is 0.331 e. The molecule has 0 aliphatic rings. The minimum absolute atomic E-state index is 0.401. The molecule has 3 aromatic rings. The highest BCUT2D eigenvalue weighted by atomic mass is 32.1. The number of aromatic nitrogens is 1. The highest BCUT2D eigenvalue weighted by molar-refractivity contribution is 7.14. The molecule has 0 bridgehead atoms. The van der Waals surface area contributed by atoms with Gasteiger partial charge in [-0.15, -0.1) is 11.3 Å². The summed E-state index contributed by atoms with van der Waals surface area (Å²) in [6, 6.07) is 15.4. The van der Waals surface area contributed by atoms with Crippen LogP contribution in [0.15, 0.2) is 66.1 Å². The molecular formula is C21H17FN2O3S. The molecule has 142 valence electrons. The first-order chi connectivity index (χ1) is 13.5. The zero-order valence-electron chi connectivity index (χ0n) is 15.0. The third kappa shape index (κ3) is 5.34. The monoisotopic (exact) mass is 396 g/mol. The molecule has 1 heterocycles. The maximum atomic E-state index is 13.1.